The van der Waals surface area contributed by atoms with Gasteiger partial charge in [0.25, 0.3) is 0 Å². The van der Waals surface area contributed by atoms with Crippen LogP contribution in [-0.4, -0.2) is 16.7 Å². The molecule has 0 aromatic heterocycles. The number of benzene rings is 1. The van der Waals surface area contributed by atoms with Crippen LogP contribution in [0.4, 0.5) is 0 Å². The lowest BCUT2D eigenvalue weighted by molar-refractivity contribution is -0.226. The molecule has 5 heteroatoms. The van der Waals surface area contributed by atoms with Crippen LogP contribution in [0.2, 0.25) is 5.02 Å². The molecule has 0 saturated heterocycles. The van der Waals surface area contributed by atoms with Gasteiger partial charge >= 0.3 is 5.97 Å². The summed E-state index contributed by atoms with van der Waals surface area (Å²) in [6, 6.07) is 6.44. The molecule has 0 saturated carbocycles. The minimum atomic E-state index is -1.10. The highest BCUT2D eigenvalue weighted by Crippen LogP contribution is 2.25. The van der Waals surface area contributed by atoms with E-state index in [1.807, 2.05) is 13.8 Å². The van der Waals surface area contributed by atoms with E-state index in [4.69, 9.17) is 21.4 Å². The van der Waals surface area contributed by atoms with Crippen LogP contribution >= 0.6 is 11.6 Å². The van der Waals surface area contributed by atoms with Crippen molar-refractivity contribution in [3.63, 3.8) is 0 Å². The van der Waals surface area contributed by atoms with Gasteiger partial charge in [-0.2, -0.15) is 0 Å². The average molecular weight is 287 g/mol. The summed E-state index contributed by atoms with van der Waals surface area (Å²) >= 11 is 5.73. The van der Waals surface area contributed by atoms with Crippen LogP contribution in [0.5, 0.6) is 5.75 Å². The monoisotopic (exact) mass is 286 g/mol. The van der Waals surface area contributed by atoms with Crippen LogP contribution in [0.15, 0.2) is 24.3 Å². The topological polar surface area (TPSA) is 55.8 Å². The van der Waals surface area contributed by atoms with Gasteiger partial charge in [-0.1, -0.05) is 25.4 Å². The summed E-state index contributed by atoms with van der Waals surface area (Å²) in [5.41, 5.74) is -1.10. The van der Waals surface area contributed by atoms with Crippen molar-refractivity contribution in [2.75, 3.05) is 0 Å². The van der Waals surface area contributed by atoms with Crippen molar-refractivity contribution < 1.29 is 19.7 Å². The summed E-state index contributed by atoms with van der Waals surface area (Å²) in [5.74, 6) is -0.821. The van der Waals surface area contributed by atoms with Gasteiger partial charge in [0, 0.05) is 5.02 Å². The predicted octanol–water partition coefficient (Wildman–Crippen LogP) is 3.36. The Morgan fingerprint density at radius 3 is 2.42 bits per heavy atom. The molecule has 4 nitrogen and oxygen atoms in total. The Labute approximate surface area is 118 Å². The van der Waals surface area contributed by atoms with Gasteiger partial charge in [0.15, 0.2) is 5.75 Å². The fraction of sp³-hybridized carbons (Fsp3) is 0.500. The highest BCUT2D eigenvalue weighted by Gasteiger charge is 2.36. The first-order chi connectivity index (χ1) is 8.90. The molecule has 0 bridgehead atoms. The molecule has 2 atom stereocenters. The first-order valence-electron chi connectivity index (χ1n) is 6.27. The van der Waals surface area contributed by atoms with Crippen LogP contribution in [0.25, 0.3) is 0 Å². The molecule has 2 unspecified atom stereocenters. The second-order valence-electron chi connectivity index (χ2n) is 4.61. The van der Waals surface area contributed by atoms with Gasteiger partial charge in [-0.3, -0.25) is 9.78 Å². The molecule has 1 aromatic rings. The van der Waals surface area contributed by atoms with Gasteiger partial charge in [-0.05, 0) is 44.0 Å². The summed E-state index contributed by atoms with van der Waals surface area (Å²) in [6.07, 6.45) is 0.936. The Morgan fingerprint density at radius 2 is 1.95 bits per heavy atom. The lowest BCUT2D eigenvalue weighted by Crippen LogP contribution is -2.40. The summed E-state index contributed by atoms with van der Waals surface area (Å²) in [7, 11) is 0. The molecule has 0 amide bonds. The van der Waals surface area contributed by atoms with Crippen molar-refractivity contribution in [3.8, 4) is 5.75 Å². The molecule has 0 fully saturated rings. The van der Waals surface area contributed by atoms with Gasteiger partial charge in [-0.25, -0.2) is 4.79 Å². The third kappa shape index (κ3) is 4.40. The molecule has 0 heterocycles. The molecule has 0 radical (unpaired) electrons. The second kappa shape index (κ2) is 6.78. The molecule has 1 aromatic carbocycles. The minimum absolute atomic E-state index is 0.378. The Balaban J connectivity index is 2.61. The number of hydrogen-bond acceptors (Lipinski definition) is 4. The normalized spacial score (nSPS) is 15.4. The van der Waals surface area contributed by atoms with Crippen molar-refractivity contribution in [1.82, 2.24) is 0 Å². The Hall–Kier alpha value is -1.26. The van der Waals surface area contributed by atoms with E-state index in [0.29, 0.717) is 23.6 Å². The summed E-state index contributed by atoms with van der Waals surface area (Å²) in [4.78, 5) is 21.6. The first-order valence-corrected chi connectivity index (χ1v) is 6.64. The number of rotatable bonds is 6. The third-order valence-electron chi connectivity index (χ3n) is 3.19. The molecular weight excluding hydrogens is 268 g/mol. The Kier molecular flexibility index (Phi) is 5.63. The van der Waals surface area contributed by atoms with Gasteiger partial charge in [-0.15, -0.1) is 0 Å². The van der Waals surface area contributed by atoms with E-state index in [1.54, 1.807) is 31.2 Å². The molecule has 106 valence electrons. The van der Waals surface area contributed by atoms with Crippen molar-refractivity contribution >= 4 is 17.6 Å². The number of hydrogen-bond donors (Lipinski definition) is 1. The number of carbonyl (C=O) groups is 1. The van der Waals surface area contributed by atoms with Crippen LogP contribution in [0.1, 0.15) is 33.6 Å². The Morgan fingerprint density at radius 1 is 1.37 bits per heavy atom. The zero-order valence-corrected chi connectivity index (χ0v) is 12.1. The highest BCUT2D eigenvalue weighted by atomic mass is 35.5. The number of aliphatic hydroxyl groups is 1. The molecule has 19 heavy (non-hydrogen) atoms. The van der Waals surface area contributed by atoms with E-state index in [0.717, 1.165) is 0 Å². The molecule has 0 aliphatic carbocycles. The molecular formula is C14H19ClO4. The number of carbonyl (C=O) groups excluding carboxylic acids is 1. The lowest BCUT2D eigenvalue weighted by Gasteiger charge is -2.28. The van der Waals surface area contributed by atoms with E-state index < -0.39 is 17.5 Å². The van der Waals surface area contributed by atoms with E-state index >= 15 is 0 Å². The zero-order valence-electron chi connectivity index (χ0n) is 11.4. The van der Waals surface area contributed by atoms with E-state index in [9.17, 15) is 9.90 Å². The minimum Gasteiger partial charge on any atom is -0.389 e. The third-order valence-corrected chi connectivity index (χ3v) is 3.44. The second-order valence-corrected chi connectivity index (χ2v) is 5.05. The maximum absolute atomic E-state index is 11.9. The molecule has 1 rings (SSSR count). The number of halogens is 1. The van der Waals surface area contributed by atoms with Gasteiger partial charge < -0.3 is 5.11 Å². The van der Waals surface area contributed by atoms with Crippen LogP contribution in [-0.2, 0) is 9.68 Å². The molecule has 0 aliphatic rings. The quantitative estimate of drug-likeness (QED) is 0.643. The van der Waals surface area contributed by atoms with E-state index in [2.05, 4.69) is 0 Å². The Bertz CT molecular complexity index is 414. The van der Waals surface area contributed by atoms with Crippen LogP contribution in [0.3, 0.4) is 0 Å². The fourth-order valence-corrected chi connectivity index (χ4v) is 1.87. The maximum Gasteiger partial charge on any atom is 0.361 e. The largest absolute Gasteiger partial charge is 0.389 e. The average Bonchev–Trinajstić information content (AvgIpc) is 2.38. The molecule has 0 aliphatic heterocycles. The fourth-order valence-electron chi connectivity index (χ4n) is 1.74. The molecule has 0 spiro atoms. The van der Waals surface area contributed by atoms with Crippen LogP contribution in [0, 0.1) is 5.92 Å². The van der Waals surface area contributed by atoms with Crippen molar-refractivity contribution in [2.24, 2.45) is 5.92 Å². The van der Waals surface area contributed by atoms with Gasteiger partial charge in [0.1, 0.15) is 0 Å². The summed E-state index contributed by atoms with van der Waals surface area (Å²) in [5, 5.41) is 10.7. The molecule has 1 N–H and O–H groups in total. The maximum atomic E-state index is 11.9. The summed E-state index contributed by atoms with van der Waals surface area (Å²) < 4.78 is 0. The zero-order chi connectivity index (χ0) is 14.5. The van der Waals surface area contributed by atoms with Crippen molar-refractivity contribution in [3.05, 3.63) is 29.3 Å². The van der Waals surface area contributed by atoms with E-state index in [1.165, 1.54) is 0 Å². The van der Waals surface area contributed by atoms with Crippen molar-refractivity contribution in [1.29, 1.82) is 0 Å². The summed E-state index contributed by atoms with van der Waals surface area (Å²) in [6.45, 7) is 5.25. The SMILES string of the molecule is CCC(C(=O)OOc1ccc(Cl)cc1)C(C)(O)CC. The predicted molar refractivity (Wildman–Crippen MR) is 72.9 cm³/mol. The van der Waals surface area contributed by atoms with E-state index in [-0.39, 0.29) is 0 Å². The standard InChI is InChI=1S/C14H19ClO4/c1-4-12(14(3,17)5-2)13(16)19-18-11-8-6-10(15)7-9-11/h6-9,12,17H,4-5H2,1-3H3. The lowest BCUT2D eigenvalue weighted by atomic mass is 9.85. The van der Waals surface area contributed by atoms with Gasteiger partial charge in [0.2, 0.25) is 0 Å². The first kappa shape index (κ1) is 15.8. The van der Waals surface area contributed by atoms with Crippen molar-refractivity contribution in [2.45, 2.75) is 39.2 Å². The smallest absolute Gasteiger partial charge is 0.361 e. The highest BCUT2D eigenvalue weighted by molar-refractivity contribution is 6.30. The van der Waals surface area contributed by atoms with Gasteiger partial charge in [0.05, 0.1) is 11.5 Å². The van der Waals surface area contributed by atoms with Crippen LogP contribution < -0.4 is 4.89 Å².